The summed E-state index contributed by atoms with van der Waals surface area (Å²) in [5.74, 6) is 0.717. The summed E-state index contributed by atoms with van der Waals surface area (Å²) >= 11 is 0. The second-order valence-electron chi connectivity index (χ2n) is 3.82. The number of aromatic nitrogens is 2. The molecule has 0 unspecified atom stereocenters. The molecule has 88 valence electrons. The molecule has 1 saturated heterocycles. The van der Waals surface area contributed by atoms with Crippen LogP contribution in [0.5, 0.6) is 0 Å². The van der Waals surface area contributed by atoms with Gasteiger partial charge in [-0.15, -0.1) is 0 Å². The lowest BCUT2D eigenvalue weighted by atomic mass is 10.4. The van der Waals surface area contributed by atoms with Crippen LogP contribution in [0, 0.1) is 6.92 Å². The van der Waals surface area contributed by atoms with E-state index in [0.717, 1.165) is 5.69 Å². The second-order valence-corrected chi connectivity index (χ2v) is 3.82. The van der Waals surface area contributed by atoms with E-state index in [4.69, 9.17) is 4.74 Å². The summed E-state index contributed by atoms with van der Waals surface area (Å²) in [6, 6.07) is 1.75. The normalized spacial score (nSPS) is 16.2. The van der Waals surface area contributed by atoms with Crippen LogP contribution in [0.25, 0.3) is 0 Å². The van der Waals surface area contributed by atoms with Crippen molar-refractivity contribution < 1.29 is 9.53 Å². The third kappa shape index (κ3) is 2.33. The fraction of sp³-hybridized carbons (Fsp3) is 0.600. The first-order valence-corrected chi connectivity index (χ1v) is 5.31. The van der Waals surface area contributed by atoms with E-state index < -0.39 is 0 Å². The third-order valence-corrected chi connectivity index (χ3v) is 2.54. The van der Waals surface area contributed by atoms with Crippen LogP contribution in [0.1, 0.15) is 5.69 Å². The molecule has 0 atom stereocenters. The molecule has 0 saturated carbocycles. The Balaban J connectivity index is 1.98. The predicted octanol–water partition coefficient (Wildman–Crippen LogP) is 0.593. The van der Waals surface area contributed by atoms with Crippen LogP contribution in [-0.4, -0.2) is 47.0 Å². The van der Waals surface area contributed by atoms with Crippen LogP contribution in [0.2, 0.25) is 0 Å². The number of anilines is 1. The van der Waals surface area contributed by atoms with Gasteiger partial charge >= 0.3 is 6.03 Å². The van der Waals surface area contributed by atoms with E-state index in [2.05, 4.69) is 10.4 Å². The number of nitrogens with zero attached hydrogens (tertiary/aromatic N) is 3. The molecule has 0 aromatic carbocycles. The molecule has 0 radical (unpaired) electrons. The van der Waals surface area contributed by atoms with Crippen LogP contribution in [-0.2, 0) is 11.8 Å². The Labute approximate surface area is 94.2 Å². The van der Waals surface area contributed by atoms with Gasteiger partial charge in [0, 0.05) is 26.2 Å². The van der Waals surface area contributed by atoms with Crippen molar-refractivity contribution in [1.29, 1.82) is 0 Å². The summed E-state index contributed by atoms with van der Waals surface area (Å²) in [5, 5.41) is 7.00. The van der Waals surface area contributed by atoms with Gasteiger partial charge in [-0.05, 0) is 6.92 Å². The first kappa shape index (κ1) is 10.9. The van der Waals surface area contributed by atoms with Crippen LogP contribution in [0.3, 0.4) is 0 Å². The fourth-order valence-corrected chi connectivity index (χ4v) is 1.68. The van der Waals surface area contributed by atoms with E-state index in [1.807, 2.05) is 20.0 Å². The highest BCUT2D eigenvalue weighted by atomic mass is 16.5. The highest BCUT2D eigenvalue weighted by molar-refractivity contribution is 5.88. The standard InChI is InChI=1S/C10H16N4O2/c1-8-7-9(13(2)12-8)11-10(15)14-3-5-16-6-4-14/h7H,3-6H2,1-2H3,(H,11,15). The summed E-state index contributed by atoms with van der Waals surface area (Å²) < 4.78 is 6.85. The lowest BCUT2D eigenvalue weighted by molar-refractivity contribution is 0.0564. The number of hydrogen-bond donors (Lipinski definition) is 1. The number of aryl methyl sites for hydroxylation is 2. The Hall–Kier alpha value is -1.56. The van der Waals surface area contributed by atoms with Gasteiger partial charge in [0.25, 0.3) is 0 Å². The SMILES string of the molecule is Cc1cc(NC(=O)N2CCOCC2)n(C)n1. The Morgan fingerprint density at radius 2 is 2.19 bits per heavy atom. The zero-order chi connectivity index (χ0) is 11.5. The van der Waals surface area contributed by atoms with Gasteiger partial charge in [-0.3, -0.25) is 10.00 Å². The summed E-state index contributed by atoms with van der Waals surface area (Å²) in [5.41, 5.74) is 0.889. The number of morpholine rings is 1. The maximum Gasteiger partial charge on any atom is 0.323 e. The number of amides is 2. The number of rotatable bonds is 1. The molecular weight excluding hydrogens is 208 g/mol. The van der Waals surface area contributed by atoms with Gasteiger partial charge in [0.1, 0.15) is 5.82 Å². The van der Waals surface area contributed by atoms with Crippen molar-refractivity contribution >= 4 is 11.8 Å². The van der Waals surface area contributed by atoms with Gasteiger partial charge in [0.15, 0.2) is 0 Å². The monoisotopic (exact) mass is 224 g/mol. The molecule has 2 amide bonds. The van der Waals surface area contributed by atoms with Gasteiger partial charge < -0.3 is 9.64 Å². The number of ether oxygens (including phenoxy) is 1. The summed E-state index contributed by atoms with van der Waals surface area (Å²) in [7, 11) is 1.81. The molecule has 0 spiro atoms. The molecule has 0 aliphatic carbocycles. The maximum atomic E-state index is 11.8. The molecule has 6 heteroatoms. The van der Waals surface area contributed by atoms with Crippen molar-refractivity contribution in [3.05, 3.63) is 11.8 Å². The molecule has 6 nitrogen and oxygen atoms in total. The summed E-state index contributed by atoms with van der Waals surface area (Å²) in [4.78, 5) is 13.6. The Kier molecular flexibility index (Phi) is 3.09. The summed E-state index contributed by atoms with van der Waals surface area (Å²) in [6.07, 6.45) is 0. The smallest absolute Gasteiger partial charge is 0.323 e. The van der Waals surface area contributed by atoms with Crippen molar-refractivity contribution in [3.8, 4) is 0 Å². The first-order chi connectivity index (χ1) is 7.66. The molecule has 1 aliphatic heterocycles. The van der Waals surface area contributed by atoms with Crippen molar-refractivity contribution in [2.45, 2.75) is 6.92 Å². The largest absolute Gasteiger partial charge is 0.378 e. The van der Waals surface area contributed by atoms with E-state index in [0.29, 0.717) is 32.1 Å². The summed E-state index contributed by atoms with van der Waals surface area (Å²) in [6.45, 7) is 4.39. The predicted molar refractivity (Wildman–Crippen MR) is 59.4 cm³/mol. The fourth-order valence-electron chi connectivity index (χ4n) is 1.68. The van der Waals surface area contributed by atoms with Gasteiger partial charge in [-0.25, -0.2) is 4.79 Å². The average Bonchev–Trinajstić information content (AvgIpc) is 2.59. The number of nitrogens with one attached hydrogen (secondary N) is 1. The molecule has 16 heavy (non-hydrogen) atoms. The van der Waals surface area contributed by atoms with Gasteiger partial charge in [-0.2, -0.15) is 5.10 Å². The molecule has 1 aliphatic rings. The topological polar surface area (TPSA) is 59.4 Å². The number of hydrogen-bond acceptors (Lipinski definition) is 3. The molecular formula is C10H16N4O2. The lowest BCUT2D eigenvalue weighted by Gasteiger charge is -2.26. The highest BCUT2D eigenvalue weighted by Gasteiger charge is 2.17. The minimum atomic E-state index is -0.0914. The van der Waals surface area contributed by atoms with Gasteiger partial charge in [-0.1, -0.05) is 0 Å². The Morgan fingerprint density at radius 1 is 1.50 bits per heavy atom. The van der Waals surface area contributed by atoms with Crippen LogP contribution < -0.4 is 5.32 Å². The van der Waals surface area contributed by atoms with Gasteiger partial charge in [0.2, 0.25) is 0 Å². The molecule has 1 aromatic rings. The van der Waals surface area contributed by atoms with E-state index >= 15 is 0 Å². The minimum absolute atomic E-state index is 0.0914. The number of carbonyl (C=O) groups excluding carboxylic acids is 1. The van der Waals surface area contributed by atoms with E-state index in [1.54, 1.807) is 9.58 Å². The molecule has 2 heterocycles. The Morgan fingerprint density at radius 3 is 2.75 bits per heavy atom. The highest BCUT2D eigenvalue weighted by Crippen LogP contribution is 2.09. The molecule has 2 rings (SSSR count). The zero-order valence-electron chi connectivity index (χ0n) is 9.56. The van der Waals surface area contributed by atoms with Crippen LogP contribution in [0.4, 0.5) is 10.6 Å². The van der Waals surface area contributed by atoms with Crippen LogP contribution in [0.15, 0.2) is 6.07 Å². The maximum absolute atomic E-state index is 11.8. The quantitative estimate of drug-likeness (QED) is 0.759. The first-order valence-electron chi connectivity index (χ1n) is 5.31. The van der Waals surface area contributed by atoms with Crippen molar-refractivity contribution in [1.82, 2.24) is 14.7 Å². The van der Waals surface area contributed by atoms with Crippen LogP contribution >= 0.6 is 0 Å². The van der Waals surface area contributed by atoms with Crippen molar-refractivity contribution in [3.63, 3.8) is 0 Å². The minimum Gasteiger partial charge on any atom is -0.378 e. The lowest BCUT2D eigenvalue weighted by Crippen LogP contribution is -2.43. The van der Waals surface area contributed by atoms with E-state index in [-0.39, 0.29) is 6.03 Å². The van der Waals surface area contributed by atoms with E-state index in [9.17, 15) is 4.79 Å². The third-order valence-electron chi connectivity index (χ3n) is 2.54. The van der Waals surface area contributed by atoms with E-state index in [1.165, 1.54) is 0 Å². The molecule has 0 bridgehead atoms. The molecule has 1 aromatic heterocycles. The second kappa shape index (κ2) is 4.52. The van der Waals surface area contributed by atoms with Gasteiger partial charge in [0.05, 0.1) is 18.9 Å². The molecule has 1 N–H and O–H groups in total. The van der Waals surface area contributed by atoms with Crippen molar-refractivity contribution in [2.24, 2.45) is 7.05 Å². The molecule has 1 fully saturated rings. The average molecular weight is 224 g/mol. The number of carbonyl (C=O) groups is 1. The number of urea groups is 1. The zero-order valence-corrected chi connectivity index (χ0v) is 9.56. The van der Waals surface area contributed by atoms with Crippen molar-refractivity contribution in [2.75, 3.05) is 31.6 Å². The Bertz CT molecular complexity index is 382.